The van der Waals surface area contributed by atoms with Gasteiger partial charge in [0.1, 0.15) is 0 Å². The van der Waals surface area contributed by atoms with Crippen molar-refractivity contribution in [3.05, 3.63) is 100 Å². The van der Waals surface area contributed by atoms with Crippen LogP contribution in [0.4, 0.5) is 11.4 Å². The van der Waals surface area contributed by atoms with Crippen LogP contribution in [0, 0.1) is 10.1 Å². The third kappa shape index (κ3) is 3.89. The van der Waals surface area contributed by atoms with Crippen molar-refractivity contribution in [1.82, 2.24) is 4.98 Å². The first-order valence-electron chi connectivity index (χ1n) is 9.60. The number of para-hydroxylation sites is 1. The van der Waals surface area contributed by atoms with Crippen LogP contribution in [0.15, 0.2) is 78.9 Å². The highest BCUT2D eigenvalue weighted by Crippen LogP contribution is 2.26. The van der Waals surface area contributed by atoms with E-state index in [1.807, 2.05) is 36.4 Å². The molecular weight excluding hydrogens is 378 g/mol. The molecule has 1 aromatic heterocycles. The standard InChI is InChI=1S/C24H19N3O3/c1-2-16-7-9-17(10-8-16)23-15-21(20-5-3-4-6-22(20)26-23)24(28)25-18-11-13-19(14-12-18)27(29)30/h3-15H,2H2,1H3,(H,25,28). The maximum absolute atomic E-state index is 13.1. The number of rotatable bonds is 5. The Morgan fingerprint density at radius 2 is 1.70 bits per heavy atom. The average Bonchev–Trinajstić information content (AvgIpc) is 2.78. The normalized spacial score (nSPS) is 10.7. The van der Waals surface area contributed by atoms with E-state index in [4.69, 9.17) is 4.98 Å². The van der Waals surface area contributed by atoms with Gasteiger partial charge < -0.3 is 5.32 Å². The number of benzene rings is 3. The van der Waals surface area contributed by atoms with Gasteiger partial charge >= 0.3 is 0 Å². The van der Waals surface area contributed by atoms with Gasteiger partial charge in [-0.1, -0.05) is 49.4 Å². The molecule has 1 N–H and O–H groups in total. The summed E-state index contributed by atoms with van der Waals surface area (Å²) in [5, 5.41) is 14.4. The topological polar surface area (TPSA) is 85.1 Å². The maximum atomic E-state index is 13.1. The molecule has 0 aliphatic rings. The third-order valence-electron chi connectivity index (χ3n) is 4.95. The minimum atomic E-state index is -0.474. The Morgan fingerprint density at radius 1 is 1.00 bits per heavy atom. The summed E-state index contributed by atoms with van der Waals surface area (Å²) in [6.45, 7) is 2.10. The van der Waals surface area contributed by atoms with Crippen LogP contribution in [0.3, 0.4) is 0 Å². The van der Waals surface area contributed by atoms with E-state index in [0.717, 1.165) is 22.9 Å². The number of anilines is 1. The number of non-ortho nitro benzene ring substituents is 1. The molecule has 0 aliphatic heterocycles. The first-order valence-corrected chi connectivity index (χ1v) is 9.60. The molecule has 148 valence electrons. The average molecular weight is 397 g/mol. The maximum Gasteiger partial charge on any atom is 0.269 e. The fourth-order valence-corrected chi connectivity index (χ4v) is 3.29. The molecule has 1 heterocycles. The first-order chi connectivity index (χ1) is 14.5. The lowest BCUT2D eigenvalue weighted by Crippen LogP contribution is -2.13. The first kappa shape index (κ1) is 19.3. The summed E-state index contributed by atoms with van der Waals surface area (Å²) in [7, 11) is 0. The molecule has 0 aliphatic carbocycles. The number of amides is 1. The molecule has 6 heteroatoms. The predicted molar refractivity (Wildman–Crippen MR) is 118 cm³/mol. The number of carbonyl (C=O) groups excluding carboxylic acids is 1. The van der Waals surface area contributed by atoms with Crippen molar-refractivity contribution in [2.45, 2.75) is 13.3 Å². The van der Waals surface area contributed by atoms with Crippen LogP contribution in [0.1, 0.15) is 22.8 Å². The number of aromatic nitrogens is 1. The van der Waals surface area contributed by atoms with Crippen molar-refractivity contribution in [1.29, 1.82) is 0 Å². The molecule has 0 atom stereocenters. The zero-order valence-corrected chi connectivity index (χ0v) is 16.3. The second kappa shape index (κ2) is 8.13. The summed E-state index contributed by atoms with van der Waals surface area (Å²) in [4.78, 5) is 28.1. The van der Waals surface area contributed by atoms with E-state index >= 15 is 0 Å². The quantitative estimate of drug-likeness (QED) is 0.350. The number of fused-ring (bicyclic) bond motifs is 1. The lowest BCUT2D eigenvalue weighted by molar-refractivity contribution is -0.384. The molecular formula is C24H19N3O3. The Kier molecular flexibility index (Phi) is 5.22. The van der Waals surface area contributed by atoms with Gasteiger partial charge in [-0.2, -0.15) is 0 Å². The number of nitro benzene ring substituents is 1. The van der Waals surface area contributed by atoms with Gasteiger partial charge in [0.15, 0.2) is 0 Å². The van der Waals surface area contributed by atoms with Crippen LogP contribution < -0.4 is 5.32 Å². The van der Waals surface area contributed by atoms with E-state index in [0.29, 0.717) is 16.9 Å². The molecule has 0 saturated heterocycles. The molecule has 0 spiro atoms. The van der Waals surface area contributed by atoms with Crippen LogP contribution in [0.25, 0.3) is 22.2 Å². The van der Waals surface area contributed by atoms with Crippen molar-refractivity contribution >= 4 is 28.2 Å². The van der Waals surface area contributed by atoms with E-state index in [1.165, 1.54) is 29.8 Å². The Morgan fingerprint density at radius 3 is 2.37 bits per heavy atom. The molecule has 0 saturated carbocycles. The zero-order valence-electron chi connectivity index (χ0n) is 16.3. The molecule has 3 aromatic carbocycles. The number of nitrogens with zero attached hydrogens (tertiary/aromatic N) is 2. The summed E-state index contributed by atoms with van der Waals surface area (Å²) >= 11 is 0. The van der Waals surface area contributed by atoms with Gasteiger partial charge in [-0.15, -0.1) is 0 Å². The fourth-order valence-electron chi connectivity index (χ4n) is 3.29. The van der Waals surface area contributed by atoms with Gasteiger partial charge in [-0.05, 0) is 36.2 Å². The second-order valence-corrected chi connectivity index (χ2v) is 6.88. The largest absolute Gasteiger partial charge is 0.322 e. The highest BCUT2D eigenvalue weighted by atomic mass is 16.6. The summed E-state index contributed by atoms with van der Waals surface area (Å²) in [5.74, 6) is -0.297. The summed E-state index contributed by atoms with van der Waals surface area (Å²) in [6.07, 6.45) is 0.953. The van der Waals surface area contributed by atoms with Gasteiger partial charge in [0.25, 0.3) is 11.6 Å². The van der Waals surface area contributed by atoms with Crippen LogP contribution in [-0.2, 0) is 6.42 Å². The summed E-state index contributed by atoms with van der Waals surface area (Å²) < 4.78 is 0. The summed E-state index contributed by atoms with van der Waals surface area (Å²) in [6, 6.07) is 23.2. The van der Waals surface area contributed by atoms with E-state index in [2.05, 4.69) is 24.4 Å². The number of nitrogens with one attached hydrogen (secondary N) is 1. The predicted octanol–water partition coefficient (Wildman–Crippen LogP) is 5.62. The van der Waals surface area contributed by atoms with E-state index < -0.39 is 4.92 Å². The highest BCUT2D eigenvalue weighted by Gasteiger charge is 2.15. The van der Waals surface area contributed by atoms with Gasteiger partial charge in [0.05, 0.1) is 21.7 Å². The molecule has 0 fully saturated rings. The fraction of sp³-hybridized carbons (Fsp3) is 0.0833. The zero-order chi connectivity index (χ0) is 21.1. The monoisotopic (exact) mass is 397 g/mol. The van der Waals surface area contributed by atoms with Crippen molar-refractivity contribution < 1.29 is 9.72 Å². The number of hydrogen-bond acceptors (Lipinski definition) is 4. The molecule has 4 rings (SSSR count). The lowest BCUT2D eigenvalue weighted by atomic mass is 10.0. The van der Waals surface area contributed by atoms with Crippen LogP contribution in [0.2, 0.25) is 0 Å². The highest BCUT2D eigenvalue weighted by molar-refractivity contribution is 6.13. The van der Waals surface area contributed by atoms with E-state index in [1.54, 1.807) is 6.07 Å². The van der Waals surface area contributed by atoms with Gasteiger partial charge in [-0.25, -0.2) is 4.98 Å². The number of hydrogen-bond donors (Lipinski definition) is 1. The van der Waals surface area contributed by atoms with Crippen LogP contribution in [0.5, 0.6) is 0 Å². The molecule has 30 heavy (non-hydrogen) atoms. The molecule has 0 radical (unpaired) electrons. The molecule has 0 unspecified atom stereocenters. The van der Waals surface area contributed by atoms with Gasteiger partial charge in [0, 0.05) is 28.8 Å². The van der Waals surface area contributed by atoms with Gasteiger partial charge in [-0.3, -0.25) is 14.9 Å². The SMILES string of the molecule is CCc1ccc(-c2cc(C(=O)Nc3ccc([N+](=O)[O-])cc3)c3ccccc3n2)cc1. The Hall–Kier alpha value is -4.06. The summed E-state index contributed by atoms with van der Waals surface area (Å²) in [5.41, 5.74) is 4.56. The minimum absolute atomic E-state index is 0.0276. The number of nitro groups is 1. The smallest absolute Gasteiger partial charge is 0.269 e. The molecule has 4 aromatic rings. The third-order valence-corrected chi connectivity index (χ3v) is 4.95. The van der Waals surface area contributed by atoms with Gasteiger partial charge in [0.2, 0.25) is 0 Å². The Balaban J connectivity index is 1.72. The van der Waals surface area contributed by atoms with E-state index in [-0.39, 0.29) is 11.6 Å². The molecule has 6 nitrogen and oxygen atoms in total. The van der Waals surface area contributed by atoms with Crippen molar-refractivity contribution in [2.75, 3.05) is 5.32 Å². The Labute approximate surface area is 173 Å². The number of carbonyl (C=O) groups is 1. The van der Waals surface area contributed by atoms with Crippen molar-refractivity contribution in [2.24, 2.45) is 0 Å². The van der Waals surface area contributed by atoms with Crippen LogP contribution in [-0.4, -0.2) is 15.8 Å². The number of aryl methyl sites for hydroxylation is 1. The van der Waals surface area contributed by atoms with Crippen molar-refractivity contribution in [3.8, 4) is 11.3 Å². The number of pyridine rings is 1. The minimum Gasteiger partial charge on any atom is -0.322 e. The second-order valence-electron chi connectivity index (χ2n) is 6.88. The van der Waals surface area contributed by atoms with Crippen LogP contribution >= 0.6 is 0 Å². The Bertz CT molecular complexity index is 1230. The van der Waals surface area contributed by atoms with Crippen molar-refractivity contribution in [3.63, 3.8) is 0 Å². The molecule has 0 bridgehead atoms. The lowest BCUT2D eigenvalue weighted by Gasteiger charge is -2.11. The molecule has 1 amide bonds. The van der Waals surface area contributed by atoms with E-state index in [9.17, 15) is 14.9 Å².